The largest absolute Gasteiger partial charge is 0.452 e. The molecule has 0 fully saturated rings. The molecule has 1 heterocycles. The number of amides is 2. The van der Waals surface area contributed by atoms with Crippen LogP contribution in [0.25, 0.3) is 0 Å². The van der Waals surface area contributed by atoms with Gasteiger partial charge in [0.1, 0.15) is 0 Å². The van der Waals surface area contributed by atoms with E-state index in [0.29, 0.717) is 15.6 Å². The zero-order valence-electron chi connectivity index (χ0n) is 16.0. The van der Waals surface area contributed by atoms with Gasteiger partial charge in [0.15, 0.2) is 6.61 Å². The highest BCUT2D eigenvalue weighted by molar-refractivity contribution is 7.12. The molecule has 31 heavy (non-hydrogen) atoms. The number of nitrogens with zero attached hydrogens (tertiary/aromatic N) is 1. The Morgan fingerprint density at radius 2 is 1.71 bits per heavy atom. The first-order valence-corrected chi connectivity index (χ1v) is 10.8. The molecule has 0 aliphatic carbocycles. The van der Waals surface area contributed by atoms with E-state index in [2.05, 4.69) is 5.32 Å². The highest BCUT2D eigenvalue weighted by Crippen LogP contribution is 2.33. The Labute approximate surface area is 197 Å². The third-order valence-electron chi connectivity index (χ3n) is 4.13. The van der Waals surface area contributed by atoms with Gasteiger partial charge in [-0.15, -0.1) is 11.3 Å². The minimum absolute atomic E-state index is 0.144. The maximum Gasteiger partial charge on any atom is 0.340 e. The van der Waals surface area contributed by atoms with E-state index in [1.165, 1.54) is 34.4 Å². The maximum atomic E-state index is 12.6. The minimum atomic E-state index is -0.759. The summed E-state index contributed by atoms with van der Waals surface area (Å²) in [5.74, 6) is -1.66. The monoisotopic (exact) mass is 496 g/mol. The summed E-state index contributed by atoms with van der Waals surface area (Å²) in [6.45, 7) is -0.578. The fourth-order valence-corrected chi connectivity index (χ4v) is 4.27. The zero-order valence-corrected chi connectivity index (χ0v) is 19.1. The van der Waals surface area contributed by atoms with Crippen molar-refractivity contribution >= 4 is 75.3 Å². The van der Waals surface area contributed by atoms with E-state index in [-0.39, 0.29) is 27.2 Å². The van der Waals surface area contributed by atoms with Crippen LogP contribution in [-0.2, 0) is 9.53 Å². The third-order valence-corrected chi connectivity index (χ3v) is 5.80. The first kappa shape index (κ1) is 23.1. The summed E-state index contributed by atoms with van der Waals surface area (Å²) < 4.78 is 5.13. The van der Waals surface area contributed by atoms with Crippen molar-refractivity contribution in [3.05, 3.63) is 79.4 Å². The van der Waals surface area contributed by atoms with Gasteiger partial charge >= 0.3 is 5.97 Å². The standard InChI is InChI=1S/C21H15Cl3N2O4S/c1-26(20(28)17-7-4-8-31-17)16-6-3-2-5-13(16)21(29)30-11-18(27)25-19-14(23)9-12(22)10-15(19)24/h2-10H,11H2,1H3,(H,25,27). The van der Waals surface area contributed by atoms with E-state index in [9.17, 15) is 14.4 Å². The van der Waals surface area contributed by atoms with Crippen molar-refractivity contribution in [1.29, 1.82) is 0 Å². The molecule has 0 saturated heterocycles. The quantitative estimate of drug-likeness (QED) is 0.438. The molecule has 0 aliphatic heterocycles. The molecule has 0 radical (unpaired) electrons. The molecule has 3 rings (SSSR count). The van der Waals surface area contributed by atoms with Crippen LogP contribution >= 0.6 is 46.1 Å². The predicted octanol–water partition coefficient (Wildman–Crippen LogP) is 5.78. The van der Waals surface area contributed by atoms with Crippen molar-refractivity contribution in [2.45, 2.75) is 0 Å². The number of esters is 1. The molecular weight excluding hydrogens is 483 g/mol. The highest BCUT2D eigenvalue weighted by Gasteiger charge is 2.22. The number of hydrogen-bond donors (Lipinski definition) is 1. The van der Waals surface area contributed by atoms with Gasteiger partial charge < -0.3 is 15.0 Å². The minimum Gasteiger partial charge on any atom is -0.452 e. The number of hydrogen-bond acceptors (Lipinski definition) is 5. The van der Waals surface area contributed by atoms with Crippen LogP contribution < -0.4 is 10.2 Å². The molecule has 2 aromatic carbocycles. The van der Waals surface area contributed by atoms with Crippen LogP contribution in [-0.4, -0.2) is 31.4 Å². The van der Waals surface area contributed by atoms with Gasteiger partial charge in [-0.1, -0.05) is 53.0 Å². The average Bonchev–Trinajstić information content (AvgIpc) is 3.28. The Morgan fingerprint density at radius 1 is 1.03 bits per heavy atom. The Bertz CT molecular complexity index is 1110. The number of benzene rings is 2. The van der Waals surface area contributed by atoms with Crippen molar-refractivity contribution in [3.8, 4) is 0 Å². The summed E-state index contributed by atoms with van der Waals surface area (Å²) in [5.41, 5.74) is 0.663. The number of carbonyl (C=O) groups is 3. The summed E-state index contributed by atoms with van der Waals surface area (Å²) in [4.78, 5) is 39.3. The van der Waals surface area contributed by atoms with Crippen molar-refractivity contribution in [2.24, 2.45) is 0 Å². The second-order valence-corrected chi connectivity index (χ2v) is 8.43. The van der Waals surface area contributed by atoms with E-state index in [0.717, 1.165) is 0 Å². The van der Waals surface area contributed by atoms with E-state index in [4.69, 9.17) is 39.5 Å². The average molecular weight is 498 g/mol. The number of rotatable bonds is 6. The van der Waals surface area contributed by atoms with Gasteiger partial charge in [0.2, 0.25) is 0 Å². The van der Waals surface area contributed by atoms with Crippen LogP contribution in [0.2, 0.25) is 15.1 Å². The Morgan fingerprint density at radius 3 is 2.35 bits per heavy atom. The van der Waals surface area contributed by atoms with Crippen LogP contribution in [0, 0.1) is 0 Å². The molecule has 3 aromatic rings. The van der Waals surface area contributed by atoms with Crippen LogP contribution in [0.4, 0.5) is 11.4 Å². The van der Waals surface area contributed by atoms with E-state index in [1.807, 2.05) is 0 Å². The lowest BCUT2D eigenvalue weighted by molar-refractivity contribution is -0.119. The first-order valence-electron chi connectivity index (χ1n) is 8.80. The van der Waals surface area contributed by atoms with Gasteiger partial charge in [-0.2, -0.15) is 0 Å². The first-order chi connectivity index (χ1) is 14.8. The summed E-state index contributed by atoms with van der Waals surface area (Å²) in [6.07, 6.45) is 0. The molecule has 0 saturated carbocycles. The summed E-state index contributed by atoms with van der Waals surface area (Å²) in [7, 11) is 1.56. The Kier molecular flexibility index (Phi) is 7.56. The number of carbonyl (C=O) groups excluding carboxylic acids is 3. The number of ether oxygens (including phenoxy) is 1. The number of para-hydroxylation sites is 1. The fourth-order valence-electron chi connectivity index (χ4n) is 2.66. The molecule has 160 valence electrons. The number of anilines is 2. The molecule has 0 atom stereocenters. The van der Waals surface area contributed by atoms with Gasteiger partial charge in [-0.05, 0) is 35.7 Å². The number of halogens is 3. The molecule has 2 amide bonds. The number of nitrogens with one attached hydrogen (secondary N) is 1. The molecule has 0 bridgehead atoms. The molecule has 0 spiro atoms. The molecule has 1 aromatic heterocycles. The lowest BCUT2D eigenvalue weighted by Crippen LogP contribution is -2.28. The fraction of sp³-hybridized carbons (Fsp3) is 0.0952. The van der Waals surface area contributed by atoms with Gasteiger partial charge in [0, 0.05) is 12.1 Å². The summed E-state index contributed by atoms with van der Waals surface area (Å²) >= 11 is 19.2. The van der Waals surface area contributed by atoms with Crippen LogP contribution in [0.5, 0.6) is 0 Å². The maximum absolute atomic E-state index is 12.6. The van der Waals surface area contributed by atoms with E-state index in [1.54, 1.807) is 42.8 Å². The Balaban J connectivity index is 1.69. The molecule has 0 unspecified atom stereocenters. The molecule has 0 aliphatic rings. The van der Waals surface area contributed by atoms with Crippen molar-refractivity contribution < 1.29 is 19.1 Å². The third kappa shape index (κ3) is 5.57. The summed E-state index contributed by atoms with van der Waals surface area (Å²) in [6, 6.07) is 12.8. The number of thiophene rings is 1. The second-order valence-electron chi connectivity index (χ2n) is 6.23. The van der Waals surface area contributed by atoms with Gasteiger partial charge in [-0.3, -0.25) is 9.59 Å². The van der Waals surface area contributed by atoms with Gasteiger partial charge in [0.05, 0.1) is 31.9 Å². The normalized spacial score (nSPS) is 10.5. The van der Waals surface area contributed by atoms with Crippen molar-refractivity contribution in [3.63, 3.8) is 0 Å². The van der Waals surface area contributed by atoms with Crippen molar-refractivity contribution in [2.75, 3.05) is 23.9 Å². The molecule has 6 nitrogen and oxygen atoms in total. The van der Waals surface area contributed by atoms with E-state index >= 15 is 0 Å². The smallest absolute Gasteiger partial charge is 0.340 e. The predicted molar refractivity (Wildman–Crippen MR) is 124 cm³/mol. The van der Waals surface area contributed by atoms with Gasteiger partial charge in [-0.25, -0.2) is 4.79 Å². The second kappa shape index (κ2) is 10.2. The topological polar surface area (TPSA) is 75.7 Å². The SMILES string of the molecule is CN(C(=O)c1cccs1)c1ccccc1C(=O)OCC(=O)Nc1c(Cl)cc(Cl)cc1Cl. The lowest BCUT2D eigenvalue weighted by Gasteiger charge is -2.19. The van der Waals surface area contributed by atoms with E-state index < -0.39 is 18.5 Å². The van der Waals surface area contributed by atoms with Crippen LogP contribution in [0.15, 0.2) is 53.9 Å². The van der Waals surface area contributed by atoms with Gasteiger partial charge in [0.25, 0.3) is 11.8 Å². The Hall–Kier alpha value is -2.58. The lowest BCUT2D eigenvalue weighted by atomic mass is 10.1. The highest BCUT2D eigenvalue weighted by atomic mass is 35.5. The van der Waals surface area contributed by atoms with Crippen LogP contribution in [0.1, 0.15) is 20.0 Å². The van der Waals surface area contributed by atoms with Crippen LogP contribution in [0.3, 0.4) is 0 Å². The molecule has 10 heteroatoms. The summed E-state index contributed by atoms with van der Waals surface area (Å²) in [5, 5.41) is 4.89. The zero-order chi connectivity index (χ0) is 22.5. The van der Waals surface area contributed by atoms with Crippen molar-refractivity contribution in [1.82, 2.24) is 0 Å². The molecule has 1 N–H and O–H groups in total. The molecular formula is C21H15Cl3N2O4S.